The summed E-state index contributed by atoms with van der Waals surface area (Å²) in [5, 5.41) is 4.63. The number of carbonyl (C=O) groups excluding carboxylic acids is 1. The van der Waals surface area contributed by atoms with Crippen LogP contribution >= 0.6 is 11.3 Å². The molecule has 9 heteroatoms. The zero-order valence-corrected chi connectivity index (χ0v) is 17.3. The molecule has 1 amide bonds. The Kier molecular flexibility index (Phi) is 5.70. The number of halogens is 2. The fourth-order valence-corrected chi connectivity index (χ4v) is 6.08. The van der Waals surface area contributed by atoms with E-state index in [1.54, 1.807) is 23.7 Å². The maximum absolute atomic E-state index is 13.6. The number of anilines is 1. The van der Waals surface area contributed by atoms with Crippen LogP contribution in [0.5, 0.6) is 0 Å². The quantitative estimate of drug-likeness (QED) is 0.697. The van der Waals surface area contributed by atoms with Crippen molar-refractivity contribution >= 4 is 32.2 Å². The highest BCUT2D eigenvalue weighted by molar-refractivity contribution is 7.92. The first-order valence-corrected chi connectivity index (χ1v) is 12.1. The highest BCUT2D eigenvalue weighted by atomic mass is 32.2. The molecule has 2 aliphatic carbocycles. The second kappa shape index (κ2) is 8.10. The Bertz CT molecular complexity index is 950. The molecular weight excluding hydrogens is 418 g/mol. The zero-order valence-electron chi connectivity index (χ0n) is 15.6. The summed E-state index contributed by atoms with van der Waals surface area (Å²) >= 11 is 1.28. The minimum Gasteiger partial charge on any atom is -0.301 e. The van der Waals surface area contributed by atoms with Crippen LogP contribution in [0.25, 0.3) is 0 Å². The van der Waals surface area contributed by atoms with E-state index in [0.717, 1.165) is 0 Å². The van der Waals surface area contributed by atoms with Gasteiger partial charge in [-0.1, -0.05) is 12.1 Å². The van der Waals surface area contributed by atoms with Crippen LogP contribution in [-0.4, -0.2) is 36.9 Å². The number of nitrogens with zero attached hydrogens (tertiary/aromatic N) is 1. The van der Waals surface area contributed by atoms with Gasteiger partial charge < -0.3 is 5.32 Å². The highest BCUT2D eigenvalue weighted by Gasteiger charge is 2.38. The van der Waals surface area contributed by atoms with Crippen molar-refractivity contribution in [3.8, 4) is 0 Å². The van der Waals surface area contributed by atoms with Crippen molar-refractivity contribution in [3.63, 3.8) is 0 Å². The van der Waals surface area contributed by atoms with Crippen molar-refractivity contribution in [3.05, 3.63) is 41.4 Å². The molecule has 1 N–H and O–H groups in total. The number of sulfone groups is 1. The maximum Gasteiger partial charge on any atom is 0.233 e. The third-order valence-corrected chi connectivity index (χ3v) is 8.60. The van der Waals surface area contributed by atoms with Crippen molar-refractivity contribution in [2.24, 2.45) is 5.92 Å². The van der Waals surface area contributed by atoms with Gasteiger partial charge >= 0.3 is 0 Å². The average molecular weight is 441 g/mol. The minimum absolute atomic E-state index is 0.0936. The third-order valence-electron chi connectivity index (χ3n) is 5.63. The van der Waals surface area contributed by atoms with Crippen molar-refractivity contribution in [2.45, 2.75) is 60.5 Å². The lowest BCUT2D eigenvalue weighted by atomic mass is 9.87. The lowest BCUT2D eigenvalue weighted by Crippen LogP contribution is -2.23. The molecule has 2 saturated carbocycles. The summed E-state index contributed by atoms with van der Waals surface area (Å²) in [6.07, 6.45) is 0.436. The van der Waals surface area contributed by atoms with Crippen LogP contribution in [0.15, 0.2) is 40.7 Å². The van der Waals surface area contributed by atoms with Crippen LogP contribution in [0.1, 0.15) is 43.6 Å². The van der Waals surface area contributed by atoms with E-state index < -0.39 is 28.1 Å². The van der Waals surface area contributed by atoms with Crippen LogP contribution in [0.3, 0.4) is 0 Å². The number of carbonyl (C=O) groups is 1. The number of benzene rings is 1. The third kappa shape index (κ3) is 4.50. The van der Waals surface area contributed by atoms with Gasteiger partial charge in [-0.3, -0.25) is 4.79 Å². The van der Waals surface area contributed by atoms with E-state index >= 15 is 0 Å². The molecule has 29 heavy (non-hydrogen) atoms. The first-order chi connectivity index (χ1) is 13.8. The Balaban J connectivity index is 1.56. The molecular formula is C20H22F2N2O3S2. The van der Waals surface area contributed by atoms with Gasteiger partial charge in [0.05, 0.1) is 16.1 Å². The predicted molar refractivity (Wildman–Crippen MR) is 107 cm³/mol. The molecule has 0 saturated heterocycles. The smallest absolute Gasteiger partial charge is 0.233 e. The molecule has 0 aliphatic heterocycles. The average Bonchev–Trinajstić information content (AvgIpc) is 3.36. The standard InChI is InChI=1S/C20H22F2N2O3S2/c21-17-10-12(11-18(17)22)9-16(19(25)24-20-23-7-8-28-20)13-1-3-14(4-2-13)29(26,27)15-5-6-15/h1-4,7-8,12,15-18H,5-6,9-11H2,(H,23,24,25)/t12-,16?,17-,18+. The first-order valence-electron chi connectivity index (χ1n) is 9.67. The minimum atomic E-state index is -3.31. The monoisotopic (exact) mass is 440 g/mol. The van der Waals surface area contributed by atoms with Crippen molar-refractivity contribution in [2.75, 3.05) is 5.32 Å². The normalized spacial score (nSPS) is 25.7. The number of hydrogen-bond acceptors (Lipinski definition) is 5. The molecule has 0 spiro atoms. The number of thiazole rings is 1. The lowest BCUT2D eigenvalue weighted by molar-refractivity contribution is -0.118. The number of nitrogens with one attached hydrogen (secondary N) is 1. The molecule has 1 heterocycles. The SMILES string of the molecule is O=C(Nc1nccs1)C(C[C@@H]1C[C@@H](F)[C@@H](F)C1)c1ccc(S(=O)(=O)C2CC2)cc1. The second-order valence-electron chi connectivity index (χ2n) is 7.80. The van der Waals surface area contributed by atoms with E-state index in [9.17, 15) is 22.0 Å². The van der Waals surface area contributed by atoms with Gasteiger partial charge in [0, 0.05) is 11.6 Å². The Morgan fingerprint density at radius 1 is 1.17 bits per heavy atom. The Labute approximate surface area is 172 Å². The van der Waals surface area contributed by atoms with Gasteiger partial charge in [0.25, 0.3) is 0 Å². The number of hydrogen-bond donors (Lipinski definition) is 1. The van der Waals surface area contributed by atoms with Gasteiger partial charge in [0.1, 0.15) is 12.3 Å². The van der Waals surface area contributed by atoms with Crippen molar-refractivity contribution in [1.82, 2.24) is 4.98 Å². The summed E-state index contributed by atoms with van der Waals surface area (Å²) < 4.78 is 52.1. The van der Waals surface area contributed by atoms with Gasteiger partial charge in [0.15, 0.2) is 15.0 Å². The van der Waals surface area contributed by atoms with Crippen molar-refractivity contribution in [1.29, 1.82) is 0 Å². The molecule has 4 rings (SSSR count). The number of amides is 1. The maximum atomic E-state index is 13.6. The molecule has 2 aliphatic rings. The molecule has 2 fully saturated rings. The fraction of sp³-hybridized carbons (Fsp3) is 0.500. The highest BCUT2D eigenvalue weighted by Crippen LogP contribution is 2.39. The molecule has 1 unspecified atom stereocenters. The first kappa shape index (κ1) is 20.4. The molecule has 4 atom stereocenters. The van der Waals surface area contributed by atoms with E-state index in [2.05, 4.69) is 10.3 Å². The van der Waals surface area contributed by atoms with Gasteiger partial charge in [-0.15, -0.1) is 11.3 Å². The summed E-state index contributed by atoms with van der Waals surface area (Å²) in [7, 11) is -3.31. The molecule has 1 aromatic heterocycles. The van der Waals surface area contributed by atoms with Gasteiger partial charge in [0.2, 0.25) is 5.91 Å². The topological polar surface area (TPSA) is 76.1 Å². The number of alkyl halides is 2. The van der Waals surface area contributed by atoms with E-state index in [4.69, 9.17) is 0 Å². The largest absolute Gasteiger partial charge is 0.301 e. The number of rotatable bonds is 7. The molecule has 0 bridgehead atoms. The second-order valence-corrected chi connectivity index (χ2v) is 10.9. The van der Waals surface area contributed by atoms with Crippen LogP contribution < -0.4 is 5.32 Å². The fourth-order valence-electron chi connectivity index (χ4n) is 3.89. The summed E-state index contributed by atoms with van der Waals surface area (Å²) in [6, 6.07) is 6.32. The van der Waals surface area contributed by atoms with E-state index in [1.807, 2.05) is 0 Å². The molecule has 5 nitrogen and oxygen atoms in total. The number of aromatic nitrogens is 1. The summed E-state index contributed by atoms with van der Waals surface area (Å²) in [5.41, 5.74) is 0.631. The van der Waals surface area contributed by atoms with E-state index in [1.165, 1.54) is 23.5 Å². The molecule has 1 aromatic carbocycles. The predicted octanol–water partition coefficient (Wildman–Crippen LogP) is 4.28. The van der Waals surface area contributed by atoms with Crippen LogP contribution in [0.4, 0.5) is 13.9 Å². The van der Waals surface area contributed by atoms with Crippen LogP contribution in [0, 0.1) is 5.92 Å². The van der Waals surface area contributed by atoms with E-state index in [-0.39, 0.29) is 34.8 Å². The van der Waals surface area contributed by atoms with Crippen LogP contribution in [0.2, 0.25) is 0 Å². The Morgan fingerprint density at radius 2 is 1.83 bits per heavy atom. The summed E-state index contributed by atoms with van der Waals surface area (Å²) in [6.45, 7) is 0. The van der Waals surface area contributed by atoms with E-state index in [0.29, 0.717) is 30.0 Å². The van der Waals surface area contributed by atoms with Crippen LogP contribution in [-0.2, 0) is 14.6 Å². The zero-order chi connectivity index (χ0) is 20.6. The van der Waals surface area contributed by atoms with Gasteiger partial charge in [-0.25, -0.2) is 22.2 Å². The lowest BCUT2D eigenvalue weighted by Gasteiger charge is -2.20. The van der Waals surface area contributed by atoms with Gasteiger partial charge in [-0.05, 0) is 55.7 Å². The van der Waals surface area contributed by atoms with Crippen molar-refractivity contribution < 1.29 is 22.0 Å². The Hall–Kier alpha value is -1.87. The molecule has 0 radical (unpaired) electrons. The molecule has 2 aromatic rings. The molecule has 156 valence electrons. The Morgan fingerprint density at radius 3 is 2.38 bits per heavy atom. The summed E-state index contributed by atoms with van der Waals surface area (Å²) in [4.78, 5) is 17.2. The van der Waals surface area contributed by atoms with Gasteiger partial charge in [-0.2, -0.15) is 0 Å². The summed E-state index contributed by atoms with van der Waals surface area (Å²) in [5.74, 6) is -1.20.